The Kier molecular flexibility index (Phi) is 7.59. The second-order valence-corrected chi connectivity index (χ2v) is 5.24. The van der Waals surface area contributed by atoms with Crippen molar-refractivity contribution in [1.29, 1.82) is 0 Å². The van der Waals surface area contributed by atoms with Crippen molar-refractivity contribution < 1.29 is 9.53 Å². The van der Waals surface area contributed by atoms with Crippen molar-refractivity contribution in [1.82, 2.24) is 0 Å². The summed E-state index contributed by atoms with van der Waals surface area (Å²) in [6.45, 7) is 4.10. The van der Waals surface area contributed by atoms with Crippen LogP contribution in [0.4, 0.5) is 5.69 Å². The first-order chi connectivity index (χ1) is 10.6. The highest BCUT2D eigenvalue weighted by atomic mass is 35.5. The van der Waals surface area contributed by atoms with Crippen LogP contribution in [-0.4, -0.2) is 12.0 Å². The van der Waals surface area contributed by atoms with E-state index in [1.165, 1.54) is 0 Å². The molecule has 0 saturated carbocycles. The molecule has 3 N–H and O–H groups in total. The van der Waals surface area contributed by atoms with Gasteiger partial charge < -0.3 is 15.8 Å². The van der Waals surface area contributed by atoms with Crippen molar-refractivity contribution in [2.24, 2.45) is 5.73 Å². The van der Waals surface area contributed by atoms with Gasteiger partial charge in [-0.05, 0) is 43.2 Å². The van der Waals surface area contributed by atoms with E-state index in [0.717, 1.165) is 17.7 Å². The zero-order valence-electron chi connectivity index (χ0n) is 13.4. The average molecular weight is 335 g/mol. The number of rotatable bonds is 6. The minimum absolute atomic E-state index is 0. The van der Waals surface area contributed by atoms with Crippen molar-refractivity contribution in [3.05, 3.63) is 60.2 Å². The Labute approximate surface area is 143 Å². The molecule has 0 fully saturated rings. The Balaban J connectivity index is 0.00000264. The molecular weight excluding hydrogens is 312 g/mol. The molecule has 23 heavy (non-hydrogen) atoms. The van der Waals surface area contributed by atoms with Gasteiger partial charge in [0.15, 0.2) is 0 Å². The Morgan fingerprint density at radius 2 is 1.74 bits per heavy atom. The first-order valence-corrected chi connectivity index (χ1v) is 7.48. The van der Waals surface area contributed by atoms with Crippen LogP contribution in [0.3, 0.4) is 0 Å². The van der Waals surface area contributed by atoms with E-state index in [4.69, 9.17) is 10.5 Å². The highest BCUT2D eigenvalue weighted by molar-refractivity contribution is 5.95. The molecule has 4 nitrogen and oxygen atoms in total. The number of carbonyl (C=O) groups excluding carboxylic acids is 1. The lowest BCUT2D eigenvalue weighted by Gasteiger charge is -2.14. The molecule has 0 aliphatic heterocycles. The maximum Gasteiger partial charge on any atom is 0.245 e. The van der Waals surface area contributed by atoms with Gasteiger partial charge in [-0.1, -0.05) is 37.3 Å². The molecule has 5 heteroatoms. The Morgan fingerprint density at radius 1 is 1.13 bits per heavy atom. The van der Waals surface area contributed by atoms with Gasteiger partial charge >= 0.3 is 0 Å². The number of hydrogen-bond donors (Lipinski definition) is 2. The lowest BCUT2D eigenvalue weighted by molar-refractivity contribution is -0.117. The van der Waals surface area contributed by atoms with Gasteiger partial charge in [0.2, 0.25) is 5.91 Å². The number of ether oxygens (including phenoxy) is 1. The fourth-order valence-electron chi connectivity index (χ4n) is 1.96. The fourth-order valence-corrected chi connectivity index (χ4v) is 1.96. The molecule has 2 rings (SSSR count). The molecule has 2 atom stereocenters. The highest BCUT2D eigenvalue weighted by Crippen LogP contribution is 2.19. The molecule has 2 aromatic rings. The summed E-state index contributed by atoms with van der Waals surface area (Å²) in [4.78, 5) is 12.2. The molecule has 2 unspecified atom stereocenters. The van der Waals surface area contributed by atoms with E-state index in [9.17, 15) is 4.79 Å². The van der Waals surface area contributed by atoms with Crippen LogP contribution in [0.5, 0.6) is 5.75 Å². The monoisotopic (exact) mass is 334 g/mol. The van der Waals surface area contributed by atoms with Gasteiger partial charge in [0.05, 0.1) is 6.10 Å². The summed E-state index contributed by atoms with van der Waals surface area (Å²) in [5, 5.41) is 2.82. The standard InChI is InChI=1S/C18H22N2O2.ClH/c1-3-13(2)22-16-11-9-15(10-12-16)20-18(21)17(19)14-7-5-4-6-8-14;/h4-13,17H,3,19H2,1-2H3,(H,20,21);1H. The van der Waals surface area contributed by atoms with Crippen LogP contribution >= 0.6 is 12.4 Å². The minimum atomic E-state index is -0.683. The molecular formula is C18H23ClN2O2. The topological polar surface area (TPSA) is 64.3 Å². The average Bonchev–Trinajstić information content (AvgIpc) is 2.56. The molecule has 1 amide bonds. The molecule has 0 saturated heterocycles. The van der Waals surface area contributed by atoms with Gasteiger partial charge in [-0.25, -0.2) is 0 Å². The smallest absolute Gasteiger partial charge is 0.245 e. The lowest BCUT2D eigenvalue weighted by atomic mass is 10.1. The summed E-state index contributed by atoms with van der Waals surface area (Å²) in [6, 6.07) is 15.9. The summed E-state index contributed by atoms with van der Waals surface area (Å²) in [5.41, 5.74) is 7.45. The van der Waals surface area contributed by atoms with Crippen LogP contribution in [-0.2, 0) is 4.79 Å². The van der Waals surface area contributed by atoms with E-state index < -0.39 is 6.04 Å². The molecule has 2 aromatic carbocycles. The van der Waals surface area contributed by atoms with Crippen LogP contribution in [0.15, 0.2) is 54.6 Å². The number of anilines is 1. The van der Waals surface area contributed by atoms with E-state index in [1.54, 1.807) is 0 Å². The third kappa shape index (κ3) is 5.58. The first-order valence-electron chi connectivity index (χ1n) is 7.48. The largest absolute Gasteiger partial charge is 0.491 e. The summed E-state index contributed by atoms with van der Waals surface area (Å²) < 4.78 is 5.70. The van der Waals surface area contributed by atoms with Gasteiger partial charge in [0.1, 0.15) is 11.8 Å². The number of hydrogen-bond acceptors (Lipinski definition) is 3. The molecule has 0 radical (unpaired) electrons. The van der Waals surface area contributed by atoms with Crippen LogP contribution < -0.4 is 15.8 Å². The van der Waals surface area contributed by atoms with Crippen LogP contribution in [0.2, 0.25) is 0 Å². The number of amides is 1. The SMILES string of the molecule is CCC(C)Oc1ccc(NC(=O)C(N)c2ccccc2)cc1.Cl. The Bertz CT molecular complexity index is 602. The van der Waals surface area contributed by atoms with Crippen molar-refractivity contribution >= 4 is 24.0 Å². The van der Waals surface area contributed by atoms with Crippen LogP contribution in [0.25, 0.3) is 0 Å². The lowest BCUT2D eigenvalue weighted by Crippen LogP contribution is -2.27. The van der Waals surface area contributed by atoms with Crippen LogP contribution in [0.1, 0.15) is 31.9 Å². The maximum atomic E-state index is 12.2. The molecule has 0 aliphatic rings. The van der Waals surface area contributed by atoms with Crippen molar-refractivity contribution in [2.45, 2.75) is 32.4 Å². The molecule has 0 heterocycles. The summed E-state index contributed by atoms with van der Waals surface area (Å²) in [6.07, 6.45) is 1.12. The number of nitrogens with one attached hydrogen (secondary N) is 1. The normalized spacial score (nSPS) is 12.7. The predicted octanol–water partition coefficient (Wildman–Crippen LogP) is 3.92. The Morgan fingerprint density at radius 3 is 2.30 bits per heavy atom. The third-order valence-corrected chi connectivity index (χ3v) is 3.48. The molecule has 0 aromatic heterocycles. The maximum absolute atomic E-state index is 12.2. The second-order valence-electron chi connectivity index (χ2n) is 5.24. The first kappa shape index (κ1) is 19.0. The van der Waals surface area contributed by atoms with E-state index in [1.807, 2.05) is 61.5 Å². The second kappa shape index (κ2) is 9.18. The van der Waals surface area contributed by atoms with Gasteiger partial charge in [-0.15, -0.1) is 12.4 Å². The summed E-state index contributed by atoms with van der Waals surface area (Å²) in [7, 11) is 0. The van der Waals surface area contributed by atoms with E-state index in [0.29, 0.717) is 5.69 Å². The predicted molar refractivity (Wildman–Crippen MR) is 96.1 cm³/mol. The molecule has 0 aliphatic carbocycles. The van der Waals surface area contributed by atoms with Crippen LogP contribution in [0, 0.1) is 0 Å². The molecule has 0 spiro atoms. The Hall–Kier alpha value is -2.04. The number of benzene rings is 2. The number of halogens is 1. The fraction of sp³-hybridized carbons (Fsp3) is 0.278. The number of carbonyl (C=O) groups is 1. The van der Waals surface area contributed by atoms with Crippen molar-refractivity contribution in [2.75, 3.05) is 5.32 Å². The highest BCUT2D eigenvalue weighted by Gasteiger charge is 2.15. The van der Waals surface area contributed by atoms with Crippen molar-refractivity contribution in [3.8, 4) is 5.75 Å². The van der Waals surface area contributed by atoms with E-state index in [2.05, 4.69) is 12.2 Å². The molecule has 124 valence electrons. The van der Waals surface area contributed by atoms with E-state index >= 15 is 0 Å². The van der Waals surface area contributed by atoms with Gasteiger partial charge in [-0.3, -0.25) is 4.79 Å². The summed E-state index contributed by atoms with van der Waals surface area (Å²) in [5.74, 6) is 0.557. The molecule has 0 bridgehead atoms. The third-order valence-electron chi connectivity index (χ3n) is 3.48. The zero-order chi connectivity index (χ0) is 15.9. The number of nitrogens with two attached hydrogens (primary N) is 1. The minimum Gasteiger partial charge on any atom is -0.491 e. The van der Waals surface area contributed by atoms with Gasteiger partial charge in [0, 0.05) is 5.69 Å². The summed E-state index contributed by atoms with van der Waals surface area (Å²) >= 11 is 0. The van der Waals surface area contributed by atoms with Gasteiger partial charge in [-0.2, -0.15) is 0 Å². The van der Waals surface area contributed by atoms with Crippen molar-refractivity contribution in [3.63, 3.8) is 0 Å². The van der Waals surface area contributed by atoms with E-state index in [-0.39, 0.29) is 24.4 Å². The zero-order valence-corrected chi connectivity index (χ0v) is 14.2. The quantitative estimate of drug-likeness (QED) is 0.841. The van der Waals surface area contributed by atoms with Gasteiger partial charge in [0.25, 0.3) is 0 Å².